The molecular formula is C12H25N. The minimum atomic E-state index is 0.725. The van der Waals surface area contributed by atoms with E-state index in [0.29, 0.717) is 0 Å². The lowest BCUT2D eigenvalue weighted by atomic mass is 9.77. The summed E-state index contributed by atoms with van der Waals surface area (Å²) in [5.41, 5.74) is 0. The third-order valence-electron chi connectivity index (χ3n) is 3.75. The minimum absolute atomic E-state index is 0.725. The Hall–Kier alpha value is -0.0400. The summed E-state index contributed by atoms with van der Waals surface area (Å²) >= 11 is 0. The van der Waals surface area contributed by atoms with Gasteiger partial charge in [0.25, 0.3) is 0 Å². The van der Waals surface area contributed by atoms with Crippen LogP contribution in [0.15, 0.2) is 0 Å². The van der Waals surface area contributed by atoms with Crippen molar-refractivity contribution < 1.29 is 0 Å². The SMILES string of the molecule is CCCC1CCC(C(C)NC)CC1. The molecule has 0 aromatic carbocycles. The van der Waals surface area contributed by atoms with Crippen LogP contribution in [0.3, 0.4) is 0 Å². The van der Waals surface area contributed by atoms with Crippen LogP contribution in [0.1, 0.15) is 52.4 Å². The van der Waals surface area contributed by atoms with Gasteiger partial charge in [-0.1, -0.05) is 32.6 Å². The highest BCUT2D eigenvalue weighted by molar-refractivity contribution is 4.78. The van der Waals surface area contributed by atoms with Gasteiger partial charge < -0.3 is 5.32 Å². The molecule has 1 rings (SSSR count). The number of hydrogen-bond acceptors (Lipinski definition) is 1. The third kappa shape index (κ3) is 3.30. The molecule has 1 saturated carbocycles. The van der Waals surface area contributed by atoms with E-state index >= 15 is 0 Å². The Morgan fingerprint density at radius 2 is 1.85 bits per heavy atom. The first kappa shape index (κ1) is 11.0. The maximum absolute atomic E-state index is 3.38. The molecule has 13 heavy (non-hydrogen) atoms. The molecule has 0 spiro atoms. The van der Waals surface area contributed by atoms with Gasteiger partial charge in [-0.3, -0.25) is 0 Å². The van der Waals surface area contributed by atoms with E-state index in [1.807, 2.05) is 0 Å². The molecule has 78 valence electrons. The minimum Gasteiger partial charge on any atom is -0.317 e. The van der Waals surface area contributed by atoms with Crippen LogP contribution in [-0.2, 0) is 0 Å². The first-order chi connectivity index (χ1) is 6.27. The number of nitrogens with one attached hydrogen (secondary N) is 1. The van der Waals surface area contributed by atoms with Crippen molar-refractivity contribution in [2.75, 3.05) is 7.05 Å². The fourth-order valence-corrected chi connectivity index (χ4v) is 2.62. The van der Waals surface area contributed by atoms with Gasteiger partial charge >= 0.3 is 0 Å². The smallest absolute Gasteiger partial charge is 0.00640 e. The normalized spacial score (nSPS) is 31.6. The molecule has 1 heteroatoms. The zero-order valence-electron chi connectivity index (χ0n) is 9.47. The highest BCUT2D eigenvalue weighted by Gasteiger charge is 2.23. The quantitative estimate of drug-likeness (QED) is 0.706. The highest BCUT2D eigenvalue weighted by Crippen LogP contribution is 2.32. The summed E-state index contributed by atoms with van der Waals surface area (Å²) in [6.07, 6.45) is 8.69. The van der Waals surface area contributed by atoms with Crippen LogP contribution in [-0.4, -0.2) is 13.1 Å². The van der Waals surface area contributed by atoms with Gasteiger partial charge in [-0.2, -0.15) is 0 Å². The summed E-state index contributed by atoms with van der Waals surface area (Å²) in [5, 5.41) is 3.38. The second-order valence-corrected chi connectivity index (χ2v) is 4.65. The van der Waals surface area contributed by atoms with Gasteiger partial charge in [0.05, 0.1) is 0 Å². The number of rotatable bonds is 4. The molecule has 0 aliphatic heterocycles. The van der Waals surface area contributed by atoms with Crippen LogP contribution in [0.5, 0.6) is 0 Å². The summed E-state index contributed by atoms with van der Waals surface area (Å²) in [5.74, 6) is 1.99. The lowest BCUT2D eigenvalue weighted by Crippen LogP contribution is -2.33. The van der Waals surface area contributed by atoms with Gasteiger partial charge in [-0.25, -0.2) is 0 Å². The molecule has 0 aromatic rings. The largest absolute Gasteiger partial charge is 0.317 e. The molecular weight excluding hydrogens is 158 g/mol. The van der Waals surface area contributed by atoms with E-state index in [0.717, 1.165) is 17.9 Å². The molecule has 1 fully saturated rings. The van der Waals surface area contributed by atoms with Crippen LogP contribution in [0.2, 0.25) is 0 Å². The molecule has 0 radical (unpaired) electrons. The van der Waals surface area contributed by atoms with E-state index in [-0.39, 0.29) is 0 Å². The average molecular weight is 183 g/mol. The first-order valence-corrected chi connectivity index (χ1v) is 5.95. The second kappa shape index (κ2) is 5.64. The molecule has 0 aromatic heterocycles. The van der Waals surface area contributed by atoms with Gasteiger partial charge in [0.1, 0.15) is 0 Å². The Labute approximate surface area is 83.3 Å². The lowest BCUT2D eigenvalue weighted by Gasteiger charge is -2.32. The zero-order chi connectivity index (χ0) is 9.68. The van der Waals surface area contributed by atoms with Gasteiger partial charge in [-0.15, -0.1) is 0 Å². The van der Waals surface area contributed by atoms with E-state index in [4.69, 9.17) is 0 Å². The van der Waals surface area contributed by atoms with Crippen molar-refractivity contribution in [1.29, 1.82) is 0 Å². The molecule has 1 N–H and O–H groups in total. The molecule has 1 atom stereocenters. The Balaban J connectivity index is 2.22. The monoisotopic (exact) mass is 183 g/mol. The topological polar surface area (TPSA) is 12.0 Å². The zero-order valence-corrected chi connectivity index (χ0v) is 9.47. The fraction of sp³-hybridized carbons (Fsp3) is 1.00. The van der Waals surface area contributed by atoms with Crippen molar-refractivity contribution in [3.05, 3.63) is 0 Å². The maximum atomic E-state index is 3.38. The van der Waals surface area contributed by atoms with E-state index in [2.05, 4.69) is 26.2 Å². The van der Waals surface area contributed by atoms with Crippen molar-refractivity contribution in [3.63, 3.8) is 0 Å². The van der Waals surface area contributed by atoms with Crippen LogP contribution in [0.4, 0.5) is 0 Å². The molecule has 1 nitrogen and oxygen atoms in total. The van der Waals surface area contributed by atoms with Crippen LogP contribution in [0.25, 0.3) is 0 Å². The Kier molecular flexibility index (Phi) is 4.79. The summed E-state index contributed by atoms with van der Waals surface area (Å²) < 4.78 is 0. The van der Waals surface area contributed by atoms with E-state index in [1.165, 1.54) is 38.5 Å². The van der Waals surface area contributed by atoms with Crippen LogP contribution < -0.4 is 5.32 Å². The van der Waals surface area contributed by atoms with Crippen molar-refractivity contribution >= 4 is 0 Å². The summed E-state index contributed by atoms with van der Waals surface area (Å²) in [4.78, 5) is 0. The van der Waals surface area contributed by atoms with Gasteiger partial charge in [0, 0.05) is 6.04 Å². The third-order valence-corrected chi connectivity index (χ3v) is 3.75. The highest BCUT2D eigenvalue weighted by atomic mass is 14.9. The lowest BCUT2D eigenvalue weighted by molar-refractivity contribution is 0.226. The standard InChI is InChI=1S/C12H25N/c1-4-5-11-6-8-12(9-7-11)10(2)13-3/h10-13H,4-9H2,1-3H3. The van der Waals surface area contributed by atoms with E-state index < -0.39 is 0 Å². The Morgan fingerprint density at radius 1 is 1.23 bits per heavy atom. The molecule has 1 aliphatic carbocycles. The summed E-state index contributed by atoms with van der Waals surface area (Å²) in [6, 6.07) is 0.725. The van der Waals surface area contributed by atoms with Crippen LogP contribution in [0, 0.1) is 11.8 Å². The van der Waals surface area contributed by atoms with Crippen LogP contribution >= 0.6 is 0 Å². The number of hydrogen-bond donors (Lipinski definition) is 1. The predicted octanol–water partition coefficient (Wildman–Crippen LogP) is 3.20. The molecule has 1 unspecified atom stereocenters. The van der Waals surface area contributed by atoms with Crippen molar-refractivity contribution in [2.24, 2.45) is 11.8 Å². The summed E-state index contributed by atoms with van der Waals surface area (Å²) in [6.45, 7) is 4.63. The van der Waals surface area contributed by atoms with Crippen molar-refractivity contribution in [2.45, 2.75) is 58.4 Å². The van der Waals surface area contributed by atoms with Crippen molar-refractivity contribution in [3.8, 4) is 0 Å². The predicted molar refractivity (Wildman–Crippen MR) is 58.9 cm³/mol. The molecule has 0 saturated heterocycles. The van der Waals surface area contributed by atoms with Gasteiger partial charge in [-0.05, 0) is 38.6 Å². The van der Waals surface area contributed by atoms with Gasteiger partial charge in [0.2, 0.25) is 0 Å². The molecule has 0 bridgehead atoms. The average Bonchev–Trinajstić information content (AvgIpc) is 2.18. The molecule has 1 aliphatic rings. The molecule has 0 amide bonds. The molecule has 0 heterocycles. The van der Waals surface area contributed by atoms with Gasteiger partial charge in [0.15, 0.2) is 0 Å². The Bertz CT molecular complexity index is 125. The van der Waals surface area contributed by atoms with Crippen molar-refractivity contribution in [1.82, 2.24) is 5.32 Å². The van der Waals surface area contributed by atoms with E-state index in [9.17, 15) is 0 Å². The Morgan fingerprint density at radius 3 is 2.31 bits per heavy atom. The second-order valence-electron chi connectivity index (χ2n) is 4.65. The summed E-state index contributed by atoms with van der Waals surface area (Å²) in [7, 11) is 2.09. The first-order valence-electron chi connectivity index (χ1n) is 5.95. The maximum Gasteiger partial charge on any atom is 0.00640 e. The van der Waals surface area contributed by atoms with E-state index in [1.54, 1.807) is 0 Å². The fourth-order valence-electron chi connectivity index (χ4n) is 2.62.